The average Bonchev–Trinajstić information content (AvgIpc) is 2.90. The van der Waals surface area contributed by atoms with E-state index in [0.717, 1.165) is 11.8 Å². The fourth-order valence-electron chi connectivity index (χ4n) is 1.64. The molecule has 2 rings (SSSR count). The summed E-state index contributed by atoms with van der Waals surface area (Å²) in [4.78, 5) is 16.2. The van der Waals surface area contributed by atoms with Crippen LogP contribution in [0.25, 0.3) is 5.57 Å². The predicted molar refractivity (Wildman–Crippen MR) is 84.7 cm³/mol. The van der Waals surface area contributed by atoms with Crippen LogP contribution >= 0.6 is 23.3 Å². The average molecular weight is 322 g/mol. The third kappa shape index (κ3) is 3.83. The lowest BCUT2D eigenvalue weighted by Gasteiger charge is -2.10. The van der Waals surface area contributed by atoms with Crippen molar-refractivity contribution in [1.82, 2.24) is 9.36 Å². The van der Waals surface area contributed by atoms with Crippen molar-refractivity contribution in [3.63, 3.8) is 0 Å². The molecule has 0 aliphatic carbocycles. The highest BCUT2D eigenvalue weighted by atomic mass is 32.2. The van der Waals surface area contributed by atoms with E-state index in [1.807, 2.05) is 18.2 Å². The van der Waals surface area contributed by atoms with Crippen LogP contribution in [0.1, 0.15) is 11.4 Å². The minimum Gasteiger partial charge on any atom is -0.504 e. The van der Waals surface area contributed by atoms with Crippen LogP contribution in [-0.4, -0.2) is 27.8 Å². The van der Waals surface area contributed by atoms with Gasteiger partial charge in [0.15, 0.2) is 0 Å². The molecular formula is C14H14N2O3S2. The number of carbonyl (C=O) groups excluding carboxylic acids is 1. The first kappa shape index (κ1) is 15.5. The van der Waals surface area contributed by atoms with Gasteiger partial charge in [0.05, 0.1) is 18.9 Å². The number of aromatic nitrogens is 2. The van der Waals surface area contributed by atoms with Crippen molar-refractivity contribution in [1.29, 1.82) is 0 Å². The predicted octanol–water partition coefficient (Wildman–Crippen LogP) is 3.52. The Hall–Kier alpha value is -1.86. The number of hydrogen-bond donors (Lipinski definition) is 0. The Labute approximate surface area is 131 Å². The lowest BCUT2D eigenvalue weighted by Crippen LogP contribution is -1.99. The molecule has 0 N–H and O–H groups in total. The maximum absolute atomic E-state index is 12.0. The smallest absolute Gasteiger partial charge is 0.298 e. The fraction of sp³-hybridized carbons (Fsp3) is 0.214. The molecule has 0 atom stereocenters. The van der Waals surface area contributed by atoms with E-state index in [2.05, 4.69) is 9.36 Å². The van der Waals surface area contributed by atoms with E-state index in [1.165, 1.54) is 24.9 Å². The molecule has 0 saturated carbocycles. The first-order valence-corrected chi connectivity index (χ1v) is 8.04. The molecule has 0 spiro atoms. The standard InChI is InChI=1S/C14H14N2O3S2/c1-9-15-14(21-16-9)19-12-7-5-4-6-10(12)11(8-18-2)13(17)20-3/h4-8H,1-3H3. The van der Waals surface area contributed by atoms with Crippen LogP contribution < -0.4 is 4.74 Å². The van der Waals surface area contributed by atoms with Gasteiger partial charge in [0.25, 0.3) is 5.19 Å². The zero-order valence-corrected chi connectivity index (χ0v) is 13.5. The summed E-state index contributed by atoms with van der Waals surface area (Å²) in [7, 11) is 1.51. The lowest BCUT2D eigenvalue weighted by molar-refractivity contribution is -0.106. The number of methoxy groups -OCH3 is 1. The molecule has 1 aromatic heterocycles. The molecular weight excluding hydrogens is 308 g/mol. The molecule has 0 bridgehead atoms. The Morgan fingerprint density at radius 2 is 2.14 bits per heavy atom. The Balaban J connectivity index is 2.39. The quantitative estimate of drug-likeness (QED) is 0.620. The summed E-state index contributed by atoms with van der Waals surface area (Å²) in [6, 6.07) is 7.26. The van der Waals surface area contributed by atoms with Gasteiger partial charge < -0.3 is 9.47 Å². The molecule has 1 heterocycles. The van der Waals surface area contributed by atoms with Crippen molar-refractivity contribution < 1.29 is 14.3 Å². The molecule has 5 nitrogen and oxygen atoms in total. The van der Waals surface area contributed by atoms with Crippen molar-refractivity contribution in [2.24, 2.45) is 0 Å². The molecule has 110 valence electrons. The number of rotatable bonds is 5. The van der Waals surface area contributed by atoms with Gasteiger partial charge in [-0.2, -0.15) is 9.36 Å². The molecule has 7 heteroatoms. The number of nitrogens with zero attached hydrogens (tertiary/aromatic N) is 2. The van der Waals surface area contributed by atoms with Gasteiger partial charge in [-0.25, -0.2) is 0 Å². The zero-order chi connectivity index (χ0) is 15.2. The van der Waals surface area contributed by atoms with E-state index < -0.39 is 0 Å². The summed E-state index contributed by atoms with van der Waals surface area (Å²) in [6.45, 7) is 1.79. The normalized spacial score (nSPS) is 11.3. The van der Waals surface area contributed by atoms with E-state index >= 15 is 0 Å². The minimum atomic E-state index is -0.0960. The SMILES string of the molecule is COC=C(C(=O)SC)c1ccccc1Oc1nc(C)ns1. The van der Waals surface area contributed by atoms with E-state index in [1.54, 1.807) is 19.2 Å². The number of aryl methyl sites for hydroxylation is 1. The molecule has 21 heavy (non-hydrogen) atoms. The molecule has 0 radical (unpaired) electrons. The first-order valence-electron chi connectivity index (χ1n) is 6.04. The number of hydrogen-bond acceptors (Lipinski definition) is 7. The summed E-state index contributed by atoms with van der Waals surface area (Å²) in [5.41, 5.74) is 1.10. The third-order valence-corrected chi connectivity index (χ3v) is 3.80. The summed E-state index contributed by atoms with van der Waals surface area (Å²) in [5, 5.41) is 0.342. The summed E-state index contributed by atoms with van der Waals surface area (Å²) in [5.74, 6) is 1.19. The molecule has 2 aromatic rings. The second kappa shape index (κ2) is 7.24. The number of ether oxygens (including phenoxy) is 2. The highest BCUT2D eigenvalue weighted by Gasteiger charge is 2.17. The maximum atomic E-state index is 12.0. The van der Waals surface area contributed by atoms with Crippen molar-refractivity contribution in [3.05, 3.63) is 41.9 Å². The number of benzene rings is 1. The minimum absolute atomic E-state index is 0.0960. The second-order valence-corrected chi connectivity index (χ2v) is 5.46. The van der Waals surface area contributed by atoms with Gasteiger partial charge in [0, 0.05) is 17.1 Å². The molecule has 0 aliphatic heterocycles. The van der Waals surface area contributed by atoms with Crippen molar-refractivity contribution in [2.45, 2.75) is 6.92 Å². The Bertz CT molecular complexity index is 668. The monoisotopic (exact) mass is 322 g/mol. The number of carbonyl (C=O) groups is 1. The molecule has 0 amide bonds. The largest absolute Gasteiger partial charge is 0.504 e. The number of para-hydroxylation sites is 1. The second-order valence-electron chi connectivity index (χ2n) is 3.96. The van der Waals surface area contributed by atoms with E-state index in [9.17, 15) is 4.79 Å². The Morgan fingerprint density at radius 1 is 1.38 bits per heavy atom. The molecule has 0 aliphatic rings. The third-order valence-electron chi connectivity index (χ3n) is 2.52. The van der Waals surface area contributed by atoms with Crippen LogP contribution in [0.15, 0.2) is 30.5 Å². The maximum Gasteiger partial charge on any atom is 0.298 e. The van der Waals surface area contributed by atoms with Crippen LogP contribution in [0.4, 0.5) is 0 Å². The Kier molecular flexibility index (Phi) is 5.35. The van der Waals surface area contributed by atoms with Gasteiger partial charge in [0.2, 0.25) is 5.12 Å². The zero-order valence-electron chi connectivity index (χ0n) is 11.8. The van der Waals surface area contributed by atoms with Crippen LogP contribution in [-0.2, 0) is 9.53 Å². The number of thioether (sulfide) groups is 1. The van der Waals surface area contributed by atoms with Gasteiger partial charge >= 0.3 is 0 Å². The fourth-order valence-corrected chi connectivity index (χ4v) is 2.57. The van der Waals surface area contributed by atoms with Crippen LogP contribution in [0, 0.1) is 6.92 Å². The first-order chi connectivity index (χ1) is 10.2. The molecule has 0 unspecified atom stereocenters. The van der Waals surface area contributed by atoms with Crippen LogP contribution in [0.3, 0.4) is 0 Å². The summed E-state index contributed by atoms with van der Waals surface area (Å²) < 4.78 is 14.8. The summed E-state index contributed by atoms with van der Waals surface area (Å²) in [6.07, 6.45) is 3.15. The molecule has 0 fully saturated rings. The van der Waals surface area contributed by atoms with Gasteiger partial charge in [-0.05, 0) is 19.2 Å². The molecule has 0 saturated heterocycles. The van der Waals surface area contributed by atoms with Crippen molar-refractivity contribution in [3.8, 4) is 10.9 Å². The van der Waals surface area contributed by atoms with Gasteiger partial charge in [0.1, 0.15) is 11.6 Å². The summed E-state index contributed by atoms with van der Waals surface area (Å²) >= 11 is 2.29. The van der Waals surface area contributed by atoms with Gasteiger partial charge in [-0.15, -0.1) is 0 Å². The van der Waals surface area contributed by atoms with Crippen LogP contribution in [0.2, 0.25) is 0 Å². The Morgan fingerprint density at radius 3 is 2.76 bits per heavy atom. The van der Waals surface area contributed by atoms with Gasteiger partial charge in [-0.3, -0.25) is 4.79 Å². The van der Waals surface area contributed by atoms with Crippen LogP contribution in [0.5, 0.6) is 10.9 Å². The highest BCUT2D eigenvalue weighted by Crippen LogP contribution is 2.32. The highest BCUT2D eigenvalue weighted by molar-refractivity contribution is 8.14. The van der Waals surface area contributed by atoms with E-state index in [-0.39, 0.29) is 5.12 Å². The van der Waals surface area contributed by atoms with E-state index in [4.69, 9.17) is 9.47 Å². The molecule has 1 aromatic carbocycles. The van der Waals surface area contributed by atoms with Crippen molar-refractivity contribution in [2.75, 3.05) is 13.4 Å². The van der Waals surface area contributed by atoms with E-state index in [0.29, 0.717) is 27.9 Å². The van der Waals surface area contributed by atoms with Gasteiger partial charge in [-0.1, -0.05) is 30.0 Å². The van der Waals surface area contributed by atoms with Crippen molar-refractivity contribution >= 4 is 34.0 Å². The topological polar surface area (TPSA) is 61.3 Å². The lowest BCUT2D eigenvalue weighted by atomic mass is 10.1.